The molecule has 2 atom stereocenters. The van der Waals surface area contributed by atoms with Gasteiger partial charge in [-0.1, -0.05) is 18.6 Å². The average Bonchev–Trinajstić information content (AvgIpc) is 3.41. The Morgan fingerprint density at radius 1 is 1.39 bits per heavy atom. The highest BCUT2D eigenvalue weighted by atomic mass is 28.1. The van der Waals surface area contributed by atoms with Crippen LogP contribution >= 0.6 is 0 Å². The zero-order valence-electron chi connectivity index (χ0n) is 20.5. The molecule has 0 spiro atoms. The Balaban J connectivity index is 1.78. The van der Waals surface area contributed by atoms with E-state index in [4.69, 9.17) is 10.5 Å². The van der Waals surface area contributed by atoms with Gasteiger partial charge < -0.3 is 30.9 Å². The van der Waals surface area contributed by atoms with E-state index < -0.39 is 11.1 Å². The summed E-state index contributed by atoms with van der Waals surface area (Å²) < 4.78 is 6.97. The zero-order chi connectivity index (χ0) is 26.0. The third-order valence-corrected chi connectivity index (χ3v) is 6.90. The number of hydrogen-bond acceptors (Lipinski definition) is 6. The predicted molar refractivity (Wildman–Crippen MR) is 139 cm³/mol. The van der Waals surface area contributed by atoms with Gasteiger partial charge in [-0.25, -0.2) is 0 Å². The van der Waals surface area contributed by atoms with E-state index in [1.54, 1.807) is 29.9 Å². The number of carbonyl (C=O) groups excluding carboxylic acids is 2. The molecule has 1 aromatic carbocycles. The Kier molecular flexibility index (Phi) is 6.97. The van der Waals surface area contributed by atoms with Crippen LogP contribution in [0.3, 0.4) is 0 Å². The first-order chi connectivity index (χ1) is 17.2. The number of likely N-dealkylation sites (tertiary alicyclic amines) is 1. The third-order valence-electron chi connectivity index (χ3n) is 6.32. The van der Waals surface area contributed by atoms with Crippen molar-refractivity contribution in [2.45, 2.75) is 24.5 Å². The molecule has 9 nitrogen and oxygen atoms in total. The summed E-state index contributed by atoms with van der Waals surface area (Å²) in [5.41, 5.74) is 8.85. The van der Waals surface area contributed by atoms with Gasteiger partial charge >= 0.3 is 0 Å². The van der Waals surface area contributed by atoms with E-state index in [1.807, 2.05) is 31.2 Å². The average molecular weight is 500 g/mol. The quantitative estimate of drug-likeness (QED) is 0.302. The van der Waals surface area contributed by atoms with Gasteiger partial charge in [-0.3, -0.25) is 19.3 Å². The Labute approximate surface area is 213 Å². The second-order valence-corrected chi connectivity index (χ2v) is 9.65. The highest BCUT2D eigenvalue weighted by Crippen LogP contribution is 2.35. The smallest absolute Gasteiger partial charge is 0.255 e. The first-order valence-electron chi connectivity index (χ1n) is 11.4. The molecule has 1 unspecified atom stereocenters. The molecule has 1 fully saturated rings. The molecule has 2 aromatic heterocycles. The molecule has 10 heteroatoms. The first kappa shape index (κ1) is 25.2. The van der Waals surface area contributed by atoms with E-state index in [0.29, 0.717) is 18.8 Å². The Morgan fingerprint density at radius 3 is 2.83 bits per heavy atom. The second-order valence-electron chi connectivity index (χ2n) is 8.72. The molecule has 0 saturated carbocycles. The van der Waals surface area contributed by atoms with Gasteiger partial charge in [0, 0.05) is 37.8 Å². The van der Waals surface area contributed by atoms with Gasteiger partial charge in [0.25, 0.3) is 5.91 Å². The molecule has 3 heterocycles. The summed E-state index contributed by atoms with van der Waals surface area (Å²) >= 11 is 0. The van der Waals surface area contributed by atoms with Crippen molar-refractivity contribution < 1.29 is 14.3 Å². The molecule has 184 valence electrons. The number of primary amides is 1. The number of hydrogen-bond donors (Lipinski definition) is 2. The molecular weight excluding hydrogens is 472 g/mol. The number of aryl methyl sites for hydroxylation is 1. The van der Waals surface area contributed by atoms with E-state index in [9.17, 15) is 9.59 Å². The molecule has 3 N–H and O–H groups in total. The first-order valence-corrected chi connectivity index (χ1v) is 11.9. The summed E-state index contributed by atoms with van der Waals surface area (Å²) in [6.45, 7) is 6.25. The van der Waals surface area contributed by atoms with Crippen molar-refractivity contribution in [3.8, 4) is 11.8 Å². The van der Waals surface area contributed by atoms with Crippen LogP contribution in [0, 0.1) is 18.8 Å². The number of amides is 2. The van der Waals surface area contributed by atoms with Crippen LogP contribution in [0.1, 0.15) is 33.6 Å². The lowest BCUT2D eigenvalue weighted by atomic mass is 10.1. The Bertz CT molecular complexity index is 1420. The number of aromatic nitrogens is 3. The van der Waals surface area contributed by atoms with Crippen molar-refractivity contribution >= 4 is 38.8 Å². The van der Waals surface area contributed by atoms with Crippen molar-refractivity contribution in [3.05, 3.63) is 65.5 Å². The van der Waals surface area contributed by atoms with Crippen LogP contribution in [0.4, 0.5) is 5.82 Å². The number of anilines is 1. The van der Waals surface area contributed by atoms with Crippen LogP contribution in [-0.2, 0) is 14.7 Å². The monoisotopic (exact) mass is 499 g/mol. The van der Waals surface area contributed by atoms with Crippen LogP contribution < -0.4 is 11.1 Å². The molecule has 0 bridgehead atoms. The summed E-state index contributed by atoms with van der Waals surface area (Å²) in [4.78, 5) is 31.1. The molecule has 3 aromatic rings. The fourth-order valence-corrected chi connectivity index (χ4v) is 5.19. The molecule has 4 rings (SSSR count). The van der Waals surface area contributed by atoms with E-state index >= 15 is 0 Å². The summed E-state index contributed by atoms with van der Waals surface area (Å²) in [7, 11) is 7.12. The molecule has 1 aliphatic heterocycles. The summed E-state index contributed by atoms with van der Waals surface area (Å²) in [6.07, 6.45) is 3.51. The fourth-order valence-electron chi connectivity index (χ4n) is 4.63. The molecule has 1 saturated heterocycles. The number of rotatable bonds is 6. The van der Waals surface area contributed by atoms with Gasteiger partial charge in [0.2, 0.25) is 5.91 Å². The van der Waals surface area contributed by atoms with Crippen LogP contribution in [0.15, 0.2) is 43.1 Å². The lowest BCUT2D eigenvalue weighted by Gasteiger charge is -2.39. The van der Waals surface area contributed by atoms with E-state index in [1.165, 1.54) is 6.08 Å². The minimum absolute atomic E-state index is 0.175. The minimum Gasteiger partial charge on any atom is -0.630 e. The molecule has 2 amide bonds. The van der Waals surface area contributed by atoms with Crippen molar-refractivity contribution in [1.82, 2.24) is 19.7 Å². The number of nitrogens with one attached hydrogen (secondary N) is 1. The highest BCUT2D eigenvalue weighted by Gasteiger charge is 2.39. The van der Waals surface area contributed by atoms with Crippen LogP contribution in [0.25, 0.3) is 10.9 Å². The molecule has 2 radical (unpaired) electrons. The number of fused-ring (bicyclic) bond motifs is 1. The van der Waals surface area contributed by atoms with Crippen LogP contribution in [0.2, 0.25) is 0 Å². The van der Waals surface area contributed by atoms with Gasteiger partial charge in [-0.2, -0.15) is 5.10 Å². The maximum atomic E-state index is 12.5. The number of benzene rings is 1. The molecule has 1 aliphatic rings. The minimum atomic E-state index is -0.825. The number of ether oxygens (including phenoxy) is 1. The second kappa shape index (κ2) is 9.97. The molecule has 0 aliphatic carbocycles. The standard InChI is InChI=1S/C26H27N6O3Si/c1-5-22(33)31-15-26(36,13-18(31)14-35-4)32-25(28-3)23(24(27)34)20(30-32)9-7-17-6-8-19-16(2)10-11-29-21(19)12-17/h5-6,8,10-12,18,28H,1,13-15H2,2-4H3,(H2,27,34)/q-1/t18-,26?/m1/s1. The van der Waals surface area contributed by atoms with E-state index in [0.717, 1.165) is 22.0 Å². The van der Waals surface area contributed by atoms with Gasteiger partial charge in [0.15, 0.2) is 5.69 Å². The predicted octanol–water partition coefficient (Wildman–Crippen LogP) is 1.53. The van der Waals surface area contributed by atoms with Crippen LogP contribution in [-0.4, -0.2) is 75.1 Å². The van der Waals surface area contributed by atoms with Crippen molar-refractivity contribution in [1.29, 1.82) is 0 Å². The number of carbonyl (C=O) groups is 2. The van der Waals surface area contributed by atoms with Gasteiger partial charge in [-0.05, 0) is 49.1 Å². The van der Waals surface area contributed by atoms with Crippen molar-refractivity contribution in [2.75, 3.05) is 32.6 Å². The SMILES string of the molecule is C=CC(=O)N1CC([Si-])(n2nc(C#Cc3ccc4c(C)ccnc4c3)c(C(N)=O)c2NC)C[C@@H]1COC. The lowest BCUT2D eigenvalue weighted by Crippen LogP contribution is -2.41. The van der Waals surface area contributed by atoms with E-state index in [2.05, 4.69) is 44.1 Å². The molecular formula is C26H27N6O3Si-. The number of nitrogens with zero attached hydrogens (tertiary/aromatic N) is 4. The van der Waals surface area contributed by atoms with Crippen molar-refractivity contribution in [3.63, 3.8) is 0 Å². The highest BCUT2D eigenvalue weighted by molar-refractivity contribution is 6.15. The largest absolute Gasteiger partial charge is 0.630 e. The van der Waals surface area contributed by atoms with Gasteiger partial charge in [0.05, 0.1) is 18.2 Å². The summed E-state index contributed by atoms with van der Waals surface area (Å²) in [6, 6.07) is 7.51. The topological polar surface area (TPSA) is 115 Å². The Morgan fingerprint density at radius 2 is 2.17 bits per heavy atom. The molecule has 36 heavy (non-hydrogen) atoms. The lowest BCUT2D eigenvalue weighted by molar-refractivity contribution is -0.127. The maximum Gasteiger partial charge on any atom is 0.255 e. The zero-order valence-corrected chi connectivity index (χ0v) is 21.5. The normalized spacial score (nSPS) is 19.1. The van der Waals surface area contributed by atoms with Crippen LogP contribution in [0.5, 0.6) is 0 Å². The van der Waals surface area contributed by atoms with Gasteiger partial charge in [-0.15, -0.1) is 5.16 Å². The van der Waals surface area contributed by atoms with Gasteiger partial charge in [0.1, 0.15) is 11.4 Å². The maximum absolute atomic E-state index is 12.5. The fraction of sp³-hybridized carbons (Fsp3) is 0.308. The third kappa shape index (κ3) is 4.50. The van der Waals surface area contributed by atoms with Crippen molar-refractivity contribution in [2.24, 2.45) is 5.73 Å². The summed E-state index contributed by atoms with van der Waals surface area (Å²) in [5.74, 6) is 5.63. The number of nitrogens with two attached hydrogens (primary N) is 1. The number of pyridine rings is 1. The summed E-state index contributed by atoms with van der Waals surface area (Å²) in [5, 5.41) is 7.94. The number of methoxy groups -OCH3 is 1. The van der Waals surface area contributed by atoms with E-state index in [-0.39, 0.29) is 29.8 Å². The Hall–Kier alpha value is -3.94.